The fourth-order valence-corrected chi connectivity index (χ4v) is 2.00. The highest BCUT2D eigenvalue weighted by Crippen LogP contribution is 2.11. The van der Waals surface area contributed by atoms with Crippen LogP contribution < -0.4 is 16.4 Å². The number of aliphatic imine (C=N–C) groups is 1. The van der Waals surface area contributed by atoms with Gasteiger partial charge in [0.05, 0.1) is 0 Å². The zero-order valence-corrected chi connectivity index (χ0v) is 16.9. The fraction of sp³-hybridized carbons (Fsp3) is 0.467. The van der Waals surface area contributed by atoms with Gasteiger partial charge in [0.2, 0.25) is 0 Å². The summed E-state index contributed by atoms with van der Waals surface area (Å²) < 4.78 is 0.884. The molecule has 0 radical (unpaired) electrons. The molecular weight excluding hydrogens is 459 g/mol. The lowest BCUT2D eigenvalue weighted by molar-refractivity contribution is 0.0954. The maximum Gasteiger partial charge on any atom is 0.251 e. The largest absolute Gasteiger partial charge is 0.370 e. The molecule has 0 spiro atoms. The second-order valence-electron chi connectivity index (χ2n) is 5.14. The highest BCUT2D eigenvalue weighted by Gasteiger charge is 2.04. The summed E-state index contributed by atoms with van der Waals surface area (Å²) in [5, 5.41) is 5.80. The first-order valence-electron chi connectivity index (χ1n) is 7.06. The van der Waals surface area contributed by atoms with Crippen molar-refractivity contribution in [1.82, 2.24) is 10.6 Å². The Morgan fingerprint density at radius 2 is 2.00 bits per heavy atom. The number of nitrogens with one attached hydrogen (secondary N) is 2. The van der Waals surface area contributed by atoms with Gasteiger partial charge in [-0.25, -0.2) is 0 Å². The quantitative estimate of drug-likeness (QED) is 0.242. The number of benzene rings is 1. The summed E-state index contributed by atoms with van der Waals surface area (Å²) >= 11 is 3.34. The third-order valence-electron chi connectivity index (χ3n) is 2.79. The van der Waals surface area contributed by atoms with Crippen molar-refractivity contribution in [2.45, 2.75) is 20.3 Å². The van der Waals surface area contributed by atoms with Crippen LogP contribution in [0.5, 0.6) is 0 Å². The molecule has 1 amide bonds. The Kier molecular flexibility index (Phi) is 11.3. The zero-order chi connectivity index (χ0) is 15.7. The Morgan fingerprint density at radius 3 is 2.64 bits per heavy atom. The van der Waals surface area contributed by atoms with Crippen molar-refractivity contribution in [3.05, 3.63) is 34.3 Å². The summed E-state index contributed by atoms with van der Waals surface area (Å²) in [5.41, 5.74) is 6.36. The molecule has 0 aliphatic rings. The Balaban J connectivity index is 0.00000441. The maximum atomic E-state index is 11.9. The molecule has 0 atom stereocenters. The van der Waals surface area contributed by atoms with E-state index in [2.05, 4.69) is 45.4 Å². The van der Waals surface area contributed by atoms with Gasteiger partial charge in [0, 0.05) is 29.7 Å². The van der Waals surface area contributed by atoms with Crippen LogP contribution in [-0.2, 0) is 0 Å². The molecule has 124 valence electrons. The number of rotatable bonds is 7. The molecule has 0 saturated carbocycles. The van der Waals surface area contributed by atoms with Crippen molar-refractivity contribution in [1.29, 1.82) is 0 Å². The van der Waals surface area contributed by atoms with Gasteiger partial charge in [-0.1, -0.05) is 35.8 Å². The van der Waals surface area contributed by atoms with Crippen molar-refractivity contribution >= 4 is 51.8 Å². The van der Waals surface area contributed by atoms with E-state index in [0.717, 1.165) is 17.4 Å². The zero-order valence-electron chi connectivity index (χ0n) is 12.9. The summed E-state index contributed by atoms with van der Waals surface area (Å²) in [6.45, 7) is 6.07. The van der Waals surface area contributed by atoms with Crippen LogP contribution in [0.1, 0.15) is 30.6 Å². The number of nitrogens with two attached hydrogens (primary N) is 1. The molecular formula is C15H24BrIN4O. The van der Waals surface area contributed by atoms with Gasteiger partial charge >= 0.3 is 0 Å². The standard InChI is InChI=1S/C15H23BrN4O.HI/c1-11(2)6-7-19-15(17)20-9-8-18-14(21)12-4-3-5-13(16)10-12;/h3-5,10-11H,6-9H2,1-2H3,(H,18,21)(H3,17,19,20);1H. The highest BCUT2D eigenvalue weighted by molar-refractivity contribution is 14.0. The second-order valence-corrected chi connectivity index (χ2v) is 6.06. The lowest BCUT2D eigenvalue weighted by atomic mass is 10.1. The molecule has 0 fully saturated rings. The minimum absolute atomic E-state index is 0. The van der Waals surface area contributed by atoms with Crippen molar-refractivity contribution in [3.8, 4) is 0 Å². The summed E-state index contributed by atoms with van der Waals surface area (Å²) in [5.74, 6) is 0.937. The molecule has 0 bridgehead atoms. The predicted molar refractivity (Wildman–Crippen MR) is 106 cm³/mol. The van der Waals surface area contributed by atoms with E-state index in [1.807, 2.05) is 12.1 Å². The first-order valence-corrected chi connectivity index (χ1v) is 7.86. The molecule has 0 unspecified atom stereocenters. The Hall–Kier alpha value is -0.830. The van der Waals surface area contributed by atoms with Crippen LogP contribution in [0.25, 0.3) is 0 Å². The first-order chi connectivity index (χ1) is 9.99. The van der Waals surface area contributed by atoms with E-state index >= 15 is 0 Å². The number of hydrogen-bond donors (Lipinski definition) is 3. The predicted octanol–water partition coefficient (Wildman–Crippen LogP) is 2.75. The minimum atomic E-state index is -0.103. The smallest absolute Gasteiger partial charge is 0.251 e. The van der Waals surface area contributed by atoms with Crippen LogP contribution in [0.15, 0.2) is 33.7 Å². The van der Waals surface area contributed by atoms with E-state index in [-0.39, 0.29) is 29.9 Å². The van der Waals surface area contributed by atoms with E-state index in [1.54, 1.807) is 12.1 Å². The average Bonchev–Trinajstić information content (AvgIpc) is 2.43. The lowest BCUT2D eigenvalue weighted by Gasteiger charge is -2.08. The van der Waals surface area contributed by atoms with Gasteiger partial charge < -0.3 is 16.4 Å². The van der Waals surface area contributed by atoms with Gasteiger partial charge in [0.1, 0.15) is 0 Å². The van der Waals surface area contributed by atoms with Crippen LogP contribution in [0.2, 0.25) is 0 Å². The van der Waals surface area contributed by atoms with Crippen molar-refractivity contribution in [2.24, 2.45) is 16.6 Å². The first kappa shape index (κ1) is 21.2. The third-order valence-corrected chi connectivity index (χ3v) is 3.29. The van der Waals surface area contributed by atoms with Gasteiger partial charge in [0.25, 0.3) is 5.91 Å². The van der Waals surface area contributed by atoms with E-state index in [4.69, 9.17) is 5.73 Å². The van der Waals surface area contributed by atoms with Crippen molar-refractivity contribution in [2.75, 3.05) is 19.6 Å². The fourth-order valence-electron chi connectivity index (χ4n) is 1.60. The highest BCUT2D eigenvalue weighted by atomic mass is 127. The Bertz CT molecular complexity index is 494. The van der Waals surface area contributed by atoms with Crippen LogP contribution >= 0.6 is 39.9 Å². The van der Waals surface area contributed by atoms with Gasteiger partial charge in [-0.15, -0.1) is 24.0 Å². The molecule has 0 aromatic heterocycles. The number of halogens is 2. The Labute approximate surface area is 157 Å². The SMILES string of the molecule is CC(C)CCN=C(N)NCCNC(=O)c1cccc(Br)c1.I. The number of carbonyl (C=O) groups is 1. The molecule has 22 heavy (non-hydrogen) atoms. The van der Waals surface area contributed by atoms with Crippen LogP contribution in [0.3, 0.4) is 0 Å². The molecule has 0 aliphatic heterocycles. The molecule has 1 aromatic carbocycles. The molecule has 4 N–H and O–H groups in total. The molecule has 5 nitrogen and oxygen atoms in total. The van der Waals surface area contributed by atoms with Crippen LogP contribution in [-0.4, -0.2) is 31.5 Å². The number of guanidine groups is 1. The average molecular weight is 483 g/mol. The summed E-state index contributed by atoms with van der Waals surface area (Å²) in [6.07, 6.45) is 1.02. The summed E-state index contributed by atoms with van der Waals surface area (Å²) in [7, 11) is 0. The van der Waals surface area contributed by atoms with E-state index in [0.29, 0.717) is 30.5 Å². The molecule has 7 heteroatoms. The molecule has 1 aromatic rings. The molecule has 0 aliphatic carbocycles. The summed E-state index contributed by atoms with van der Waals surface area (Å²) in [6, 6.07) is 7.27. The van der Waals surface area contributed by atoms with E-state index in [9.17, 15) is 4.79 Å². The van der Waals surface area contributed by atoms with Crippen LogP contribution in [0, 0.1) is 5.92 Å². The Morgan fingerprint density at radius 1 is 1.32 bits per heavy atom. The van der Waals surface area contributed by atoms with Gasteiger partial charge in [-0.05, 0) is 30.5 Å². The second kappa shape index (κ2) is 11.7. The van der Waals surface area contributed by atoms with Gasteiger partial charge in [-0.2, -0.15) is 0 Å². The van der Waals surface area contributed by atoms with Crippen molar-refractivity contribution in [3.63, 3.8) is 0 Å². The molecule has 0 heterocycles. The lowest BCUT2D eigenvalue weighted by Crippen LogP contribution is -2.38. The molecule has 0 saturated heterocycles. The third kappa shape index (κ3) is 9.24. The number of carbonyl (C=O) groups excluding carboxylic acids is 1. The van der Waals surface area contributed by atoms with Gasteiger partial charge in [0.15, 0.2) is 5.96 Å². The monoisotopic (exact) mass is 482 g/mol. The number of nitrogens with zero attached hydrogens (tertiary/aromatic N) is 1. The van der Waals surface area contributed by atoms with E-state index in [1.165, 1.54) is 0 Å². The maximum absolute atomic E-state index is 11.9. The number of amides is 1. The van der Waals surface area contributed by atoms with Crippen molar-refractivity contribution < 1.29 is 4.79 Å². The van der Waals surface area contributed by atoms with Gasteiger partial charge in [-0.3, -0.25) is 9.79 Å². The van der Waals surface area contributed by atoms with E-state index < -0.39 is 0 Å². The summed E-state index contributed by atoms with van der Waals surface area (Å²) in [4.78, 5) is 16.1. The molecule has 1 rings (SSSR count). The topological polar surface area (TPSA) is 79.5 Å². The number of hydrogen-bond acceptors (Lipinski definition) is 2. The van der Waals surface area contributed by atoms with Crippen LogP contribution in [0.4, 0.5) is 0 Å². The normalized spacial score (nSPS) is 11.0. The minimum Gasteiger partial charge on any atom is -0.370 e.